The summed E-state index contributed by atoms with van der Waals surface area (Å²) in [5.41, 5.74) is 5.39. The minimum Gasteiger partial charge on any atom is -0.389 e. The summed E-state index contributed by atoms with van der Waals surface area (Å²) in [4.78, 5) is 2.44. The summed E-state index contributed by atoms with van der Waals surface area (Å²) in [6.45, 7) is 5.92. The Morgan fingerprint density at radius 2 is 2.05 bits per heavy atom. The number of aliphatic hydroxyl groups is 1. The highest BCUT2D eigenvalue weighted by Crippen LogP contribution is 2.33. The van der Waals surface area contributed by atoms with Crippen LogP contribution in [0.5, 0.6) is 0 Å². The molecule has 3 aliphatic rings. The van der Waals surface area contributed by atoms with E-state index in [2.05, 4.69) is 20.9 Å². The molecule has 0 amide bonds. The average Bonchev–Trinajstić information content (AvgIpc) is 2.94. The van der Waals surface area contributed by atoms with Crippen LogP contribution in [-0.2, 0) is 0 Å². The molecule has 0 radical (unpaired) electrons. The van der Waals surface area contributed by atoms with Gasteiger partial charge in [-0.05, 0) is 39.7 Å². The van der Waals surface area contributed by atoms with Gasteiger partial charge in [0.1, 0.15) is 6.29 Å². The number of nitrogens with one attached hydrogen (secondary N) is 3. The summed E-state index contributed by atoms with van der Waals surface area (Å²) in [7, 11) is 0. The monoisotopic (exact) mass is 269 g/mol. The molecular weight excluding hydrogens is 242 g/mol. The highest BCUT2D eigenvalue weighted by molar-refractivity contribution is 5.01. The van der Waals surface area contributed by atoms with Crippen LogP contribution >= 0.6 is 0 Å². The molecule has 3 rings (SSSR count). The van der Waals surface area contributed by atoms with Crippen molar-refractivity contribution in [3.8, 4) is 0 Å². The van der Waals surface area contributed by atoms with Crippen molar-refractivity contribution in [2.75, 3.05) is 13.1 Å². The van der Waals surface area contributed by atoms with Crippen molar-refractivity contribution >= 4 is 0 Å². The second-order valence-electron chi connectivity index (χ2n) is 6.69. The van der Waals surface area contributed by atoms with Crippen molar-refractivity contribution in [2.45, 2.75) is 63.4 Å². The second-order valence-corrected chi connectivity index (χ2v) is 6.69. The molecule has 110 valence electrons. The van der Waals surface area contributed by atoms with Gasteiger partial charge in [0.25, 0.3) is 0 Å². The second kappa shape index (κ2) is 4.95. The summed E-state index contributed by atoms with van der Waals surface area (Å²) in [6, 6.07) is 0.219. The predicted octanol–water partition coefficient (Wildman–Crippen LogP) is -1.08. The SMILES string of the molecule is CC(C)(O)[C@H]1CCCN1C1NC(N)NC2NCCC21. The van der Waals surface area contributed by atoms with Gasteiger partial charge in [0.2, 0.25) is 0 Å². The Hall–Kier alpha value is -0.240. The van der Waals surface area contributed by atoms with E-state index in [0.29, 0.717) is 12.1 Å². The molecule has 3 heterocycles. The molecule has 3 aliphatic heterocycles. The van der Waals surface area contributed by atoms with Crippen molar-refractivity contribution in [1.82, 2.24) is 20.9 Å². The van der Waals surface area contributed by atoms with E-state index in [1.807, 2.05) is 13.8 Å². The lowest BCUT2D eigenvalue weighted by Crippen LogP contribution is -2.72. The number of hydrogen-bond donors (Lipinski definition) is 5. The normalized spacial score (nSPS) is 44.5. The van der Waals surface area contributed by atoms with Gasteiger partial charge in [-0.25, -0.2) is 0 Å². The average molecular weight is 269 g/mol. The summed E-state index contributed by atoms with van der Waals surface area (Å²) < 4.78 is 0. The summed E-state index contributed by atoms with van der Waals surface area (Å²) >= 11 is 0. The number of rotatable bonds is 2. The molecule has 0 bridgehead atoms. The van der Waals surface area contributed by atoms with E-state index in [4.69, 9.17) is 5.73 Å². The first-order valence-electron chi connectivity index (χ1n) is 7.46. The molecule has 3 saturated heterocycles. The Labute approximate surface area is 115 Å². The van der Waals surface area contributed by atoms with Crippen LogP contribution in [0.1, 0.15) is 33.1 Å². The third-order valence-corrected chi connectivity index (χ3v) is 4.85. The number of fused-ring (bicyclic) bond motifs is 1. The molecular formula is C13H27N5O. The van der Waals surface area contributed by atoms with Crippen LogP contribution in [0.3, 0.4) is 0 Å². The summed E-state index contributed by atoms with van der Waals surface area (Å²) in [6.07, 6.45) is 3.74. The minimum atomic E-state index is -0.658. The predicted molar refractivity (Wildman–Crippen MR) is 74.0 cm³/mol. The van der Waals surface area contributed by atoms with Crippen LogP contribution in [0.25, 0.3) is 0 Å². The quantitative estimate of drug-likeness (QED) is 0.438. The number of likely N-dealkylation sites (tertiary alicyclic amines) is 1. The molecule has 6 nitrogen and oxygen atoms in total. The number of hydrogen-bond acceptors (Lipinski definition) is 6. The Kier molecular flexibility index (Phi) is 3.57. The van der Waals surface area contributed by atoms with E-state index in [9.17, 15) is 5.11 Å². The van der Waals surface area contributed by atoms with Crippen molar-refractivity contribution in [1.29, 1.82) is 0 Å². The van der Waals surface area contributed by atoms with Crippen molar-refractivity contribution in [3.63, 3.8) is 0 Å². The van der Waals surface area contributed by atoms with E-state index in [-0.39, 0.29) is 18.5 Å². The zero-order valence-electron chi connectivity index (χ0n) is 11.9. The highest BCUT2D eigenvalue weighted by atomic mass is 16.3. The van der Waals surface area contributed by atoms with Gasteiger partial charge in [-0.3, -0.25) is 15.5 Å². The molecule has 0 aromatic carbocycles. The third kappa shape index (κ3) is 2.53. The van der Waals surface area contributed by atoms with E-state index < -0.39 is 5.60 Å². The van der Waals surface area contributed by atoms with Gasteiger partial charge in [-0.2, -0.15) is 0 Å². The molecule has 5 atom stereocenters. The zero-order chi connectivity index (χ0) is 13.6. The molecule has 19 heavy (non-hydrogen) atoms. The van der Waals surface area contributed by atoms with E-state index >= 15 is 0 Å². The fourth-order valence-electron chi connectivity index (χ4n) is 4.02. The molecule has 4 unspecified atom stereocenters. The lowest BCUT2D eigenvalue weighted by molar-refractivity contribution is -0.0487. The topological polar surface area (TPSA) is 85.6 Å². The molecule has 6 N–H and O–H groups in total. The van der Waals surface area contributed by atoms with Gasteiger partial charge in [0.15, 0.2) is 0 Å². The fraction of sp³-hybridized carbons (Fsp3) is 1.00. The standard InChI is InChI=1S/C13H27N5O/c1-13(2,19)9-4-3-7-18(9)11-8-5-6-15-10(8)16-12(14)17-11/h8-12,15-17,19H,3-7,14H2,1-2H3/t8?,9-,10?,11?,12?/m1/s1. The third-order valence-electron chi connectivity index (χ3n) is 4.85. The van der Waals surface area contributed by atoms with Crippen LogP contribution in [0, 0.1) is 5.92 Å². The van der Waals surface area contributed by atoms with E-state index in [1.165, 1.54) is 0 Å². The molecule has 0 aliphatic carbocycles. The molecule has 0 aromatic rings. The van der Waals surface area contributed by atoms with Gasteiger partial charge >= 0.3 is 0 Å². The van der Waals surface area contributed by atoms with Crippen molar-refractivity contribution in [2.24, 2.45) is 11.7 Å². The largest absolute Gasteiger partial charge is 0.389 e. The summed E-state index contributed by atoms with van der Waals surface area (Å²) in [5, 5.41) is 20.7. The molecule has 0 saturated carbocycles. The fourth-order valence-corrected chi connectivity index (χ4v) is 4.02. The maximum atomic E-state index is 10.4. The molecule has 0 spiro atoms. The van der Waals surface area contributed by atoms with Crippen LogP contribution in [0.4, 0.5) is 0 Å². The number of nitrogens with two attached hydrogens (primary N) is 1. The smallest absolute Gasteiger partial charge is 0.111 e. The maximum Gasteiger partial charge on any atom is 0.111 e. The molecule has 0 aromatic heterocycles. The van der Waals surface area contributed by atoms with Crippen LogP contribution in [0.2, 0.25) is 0 Å². The Morgan fingerprint density at radius 3 is 2.79 bits per heavy atom. The first kappa shape index (κ1) is 13.7. The Bertz CT molecular complexity index is 331. The summed E-state index contributed by atoms with van der Waals surface area (Å²) in [5.74, 6) is 0.516. The highest BCUT2D eigenvalue weighted by Gasteiger charge is 2.47. The maximum absolute atomic E-state index is 10.4. The van der Waals surface area contributed by atoms with E-state index in [1.54, 1.807) is 0 Å². The Morgan fingerprint density at radius 1 is 1.26 bits per heavy atom. The zero-order valence-corrected chi connectivity index (χ0v) is 11.9. The lowest BCUT2D eigenvalue weighted by Gasteiger charge is -2.47. The lowest BCUT2D eigenvalue weighted by atomic mass is 9.93. The van der Waals surface area contributed by atoms with Crippen LogP contribution in [-0.4, -0.2) is 53.4 Å². The van der Waals surface area contributed by atoms with Gasteiger partial charge in [0.05, 0.1) is 17.9 Å². The van der Waals surface area contributed by atoms with Gasteiger partial charge in [-0.15, -0.1) is 0 Å². The minimum absolute atomic E-state index is 0.181. The molecule has 3 fully saturated rings. The van der Waals surface area contributed by atoms with Gasteiger partial charge in [-0.1, -0.05) is 0 Å². The molecule has 6 heteroatoms. The van der Waals surface area contributed by atoms with Crippen LogP contribution < -0.4 is 21.7 Å². The van der Waals surface area contributed by atoms with Crippen LogP contribution in [0.15, 0.2) is 0 Å². The van der Waals surface area contributed by atoms with Gasteiger partial charge in [0, 0.05) is 18.5 Å². The van der Waals surface area contributed by atoms with Crippen molar-refractivity contribution < 1.29 is 5.11 Å². The first-order chi connectivity index (χ1) is 8.97. The number of nitrogens with zero attached hydrogens (tertiary/aromatic N) is 1. The van der Waals surface area contributed by atoms with Crippen molar-refractivity contribution in [3.05, 3.63) is 0 Å². The Balaban J connectivity index is 1.79. The first-order valence-corrected chi connectivity index (χ1v) is 7.46. The van der Waals surface area contributed by atoms with E-state index in [0.717, 1.165) is 32.4 Å². The van der Waals surface area contributed by atoms with Gasteiger partial charge < -0.3 is 16.2 Å².